The fourth-order valence-electron chi connectivity index (χ4n) is 2.33. The SMILES string of the molecule is C[NH+](Cc1ccccc1)Cn1nc2ccccn2c1=S. The molecular formula is C15H17N4S+. The van der Waals surface area contributed by atoms with Gasteiger partial charge in [0.15, 0.2) is 12.3 Å². The Hall–Kier alpha value is -1.98. The van der Waals surface area contributed by atoms with Gasteiger partial charge in [-0.1, -0.05) is 36.4 Å². The summed E-state index contributed by atoms with van der Waals surface area (Å²) < 4.78 is 4.57. The lowest BCUT2D eigenvalue weighted by Crippen LogP contribution is -3.07. The molecule has 0 amide bonds. The maximum Gasteiger partial charge on any atom is 0.207 e. The van der Waals surface area contributed by atoms with Gasteiger partial charge in [-0.3, -0.25) is 4.40 Å². The summed E-state index contributed by atoms with van der Waals surface area (Å²) in [7, 11) is 2.15. The Balaban J connectivity index is 1.79. The first-order valence-corrected chi connectivity index (χ1v) is 7.04. The van der Waals surface area contributed by atoms with E-state index in [9.17, 15) is 0 Å². The van der Waals surface area contributed by atoms with Crippen LogP contribution < -0.4 is 4.90 Å². The summed E-state index contributed by atoms with van der Waals surface area (Å²) in [4.78, 5) is 1.34. The van der Waals surface area contributed by atoms with Gasteiger partial charge in [0.25, 0.3) is 0 Å². The minimum absolute atomic E-state index is 0.744. The lowest BCUT2D eigenvalue weighted by atomic mass is 10.2. The van der Waals surface area contributed by atoms with Crippen molar-refractivity contribution in [1.29, 1.82) is 0 Å². The van der Waals surface area contributed by atoms with Crippen molar-refractivity contribution in [1.82, 2.24) is 14.2 Å². The van der Waals surface area contributed by atoms with E-state index in [1.165, 1.54) is 10.5 Å². The van der Waals surface area contributed by atoms with Crippen LogP contribution in [0, 0.1) is 4.77 Å². The van der Waals surface area contributed by atoms with Crippen molar-refractivity contribution in [3.63, 3.8) is 0 Å². The van der Waals surface area contributed by atoms with Gasteiger partial charge < -0.3 is 4.90 Å². The third-order valence-electron chi connectivity index (χ3n) is 3.26. The van der Waals surface area contributed by atoms with E-state index in [2.05, 4.69) is 36.4 Å². The van der Waals surface area contributed by atoms with Crippen LogP contribution in [0.2, 0.25) is 0 Å². The van der Waals surface area contributed by atoms with E-state index < -0.39 is 0 Å². The van der Waals surface area contributed by atoms with E-state index >= 15 is 0 Å². The third kappa shape index (κ3) is 2.64. The molecule has 3 aromatic rings. The second kappa shape index (κ2) is 5.56. The van der Waals surface area contributed by atoms with Crippen LogP contribution in [0.25, 0.3) is 5.65 Å². The molecule has 1 aromatic carbocycles. The first-order chi connectivity index (χ1) is 9.74. The molecule has 2 heterocycles. The number of hydrogen-bond acceptors (Lipinski definition) is 2. The number of aromatic nitrogens is 3. The minimum Gasteiger partial charge on any atom is -0.315 e. The lowest BCUT2D eigenvalue weighted by Gasteiger charge is -2.13. The van der Waals surface area contributed by atoms with Crippen LogP contribution in [0.3, 0.4) is 0 Å². The van der Waals surface area contributed by atoms with Crippen LogP contribution in [-0.4, -0.2) is 21.2 Å². The average Bonchev–Trinajstić information content (AvgIpc) is 2.77. The number of hydrogen-bond donors (Lipinski definition) is 1. The van der Waals surface area contributed by atoms with Gasteiger partial charge in [0, 0.05) is 11.8 Å². The molecule has 5 heteroatoms. The highest BCUT2D eigenvalue weighted by Crippen LogP contribution is 2.01. The molecule has 0 aliphatic rings. The molecule has 1 atom stereocenters. The molecule has 20 heavy (non-hydrogen) atoms. The Bertz CT molecular complexity index is 760. The van der Waals surface area contributed by atoms with Crippen molar-refractivity contribution < 1.29 is 4.90 Å². The summed E-state index contributed by atoms with van der Waals surface area (Å²) in [6, 6.07) is 16.4. The molecule has 0 saturated carbocycles. The van der Waals surface area contributed by atoms with Crippen LogP contribution in [0.4, 0.5) is 0 Å². The molecule has 4 nitrogen and oxygen atoms in total. The molecule has 0 aliphatic heterocycles. The van der Waals surface area contributed by atoms with Crippen LogP contribution in [-0.2, 0) is 13.2 Å². The van der Waals surface area contributed by atoms with Crippen LogP contribution in [0.1, 0.15) is 5.56 Å². The maximum atomic E-state index is 5.46. The molecule has 3 rings (SSSR count). The predicted octanol–water partition coefficient (Wildman–Crippen LogP) is 1.54. The minimum atomic E-state index is 0.744. The molecular weight excluding hydrogens is 268 g/mol. The number of pyridine rings is 1. The number of rotatable bonds is 4. The number of nitrogens with one attached hydrogen (secondary N) is 1. The molecule has 0 aliphatic carbocycles. The highest BCUT2D eigenvalue weighted by Gasteiger charge is 2.08. The molecule has 0 bridgehead atoms. The second-order valence-electron chi connectivity index (χ2n) is 4.99. The van der Waals surface area contributed by atoms with E-state index in [0.29, 0.717) is 0 Å². The van der Waals surface area contributed by atoms with Crippen molar-refractivity contribution in [2.24, 2.45) is 0 Å². The predicted molar refractivity (Wildman–Crippen MR) is 81.0 cm³/mol. The zero-order valence-corrected chi connectivity index (χ0v) is 12.2. The fraction of sp³-hybridized carbons (Fsp3) is 0.200. The van der Waals surface area contributed by atoms with E-state index in [-0.39, 0.29) is 0 Å². The van der Waals surface area contributed by atoms with E-state index in [4.69, 9.17) is 12.2 Å². The molecule has 102 valence electrons. The van der Waals surface area contributed by atoms with Gasteiger partial charge in [-0.25, -0.2) is 0 Å². The summed E-state index contributed by atoms with van der Waals surface area (Å²) >= 11 is 5.46. The Morgan fingerprint density at radius 2 is 1.85 bits per heavy atom. The molecule has 2 aromatic heterocycles. The van der Waals surface area contributed by atoms with E-state index in [1.807, 2.05) is 39.5 Å². The van der Waals surface area contributed by atoms with Gasteiger partial charge in [0.1, 0.15) is 6.54 Å². The molecule has 0 saturated heterocycles. The Morgan fingerprint density at radius 3 is 2.60 bits per heavy atom. The Kier molecular flexibility index (Phi) is 3.62. The number of quaternary nitrogens is 1. The van der Waals surface area contributed by atoms with Crippen molar-refractivity contribution in [2.75, 3.05) is 7.05 Å². The lowest BCUT2D eigenvalue weighted by molar-refractivity contribution is -0.917. The van der Waals surface area contributed by atoms with Gasteiger partial charge in [-0.2, -0.15) is 4.68 Å². The average molecular weight is 285 g/mol. The quantitative estimate of drug-likeness (QED) is 0.736. The summed E-state index contributed by atoms with van der Waals surface area (Å²) in [6.45, 7) is 1.71. The number of nitrogens with zero attached hydrogens (tertiary/aromatic N) is 3. The first kappa shape index (κ1) is 13.0. The van der Waals surface area contributed by atoms with Crippen molar-refractivity contribution >= 4 is 17.9 Å². The summed E-state index contributed by atoms with van der Waals surface area (Å²) in [5, 5.41) is 4.55. The van der Waals surface area contributed by atoms with Crippen LogP contribution in [0.15, 0.2) is 54.7 Å². The number of benzene rings is 1. The van der Waals surface area contributed by atoms with E-state index in [1.54, 1.807) is 0 Å². The highest BCUT2D eigenvalue weighted by molar-refractivity contribution is 7.71. The Morgan fingerprint density at radius 1 is 1.10 bits per heavy atom. The second-order valence-corrected chi connectivity index (χ2v) is 5.35. The van der Waals surface area contributed by atoms with E-state index in [0.717, 1.165) is 23.6 Å². The van der Waals surface area contributed by atoms with Crippen LogP contribution in [0.5, 0.6) is 0 Å². The third-order valence-corrected chi connectivity index (χ3v) is 3.66. The fourth-order valence-corrected chi connectivity index (χ4v) is 2.59. The molecule has 1 unspecified atom stereocenters. The summed E-state index contributed by atoms with van der Waals surface area (Å²) in [6.07, 6.45) is 1.95. The van der Waals surface area contributed by atoms with Gasteiger partial charge in [0.05, 0.1) is 7.05 Å². The summed E-state index contributed by atoms with van der Waals surface area (Å²) in [5.74, 6) is 0. The van der Waals surface area contributed by atoms with Crippen LogP contribution >= 0.6 is 12.2 Å². The summed E-state index contributed by atoms with van der Waals surface area (Å²) in [5.41, 5.74) is 2.21. The normalized spacial score (nSPS) is 12.7. The smallest absolute Gasteiger partial charge is 0.207 e. The zero-order valence-electron chi connectivity index (χ0n) is 11.4. The van der Waals surface area contributed by atoms with Gasteiger partial charge in [-0.05, 0) is 24.4 Å². The van der Waals surface area contributed by atoms with Gasteiger partial charge in [0.2, 0.25) is 4.77 Å². The maximum absolute atomic E-state index is 5.46. The van der Waals surface area contributed by atoms with Gasteiger partial charge >= 0.3 is 0 Å². The standard InChI is InChI=1S/C15H16N4S/c1-17(11-13-7-3-2-4-8-13)12-19-15(20)18-10-6-5-9-14(18)16-19/h2-10H,11-12H2,1H3/p+1. The van der Waals surface area contributed by atoms with Gasteiger partial charge in [-0.15, -0.1) is 5.10 Å². The molecule has 0 spiro atoms. The zero-order chi connectivity index (χ0) is 13.9. The largest absolute Gasteiger partial charge is 0.315 e. The first-order valence-electron chi connectivity index (χ1n) is 6.63. The highest BCUT2D eigenvalue weighted by atomic mass is 32.1. The monoisotopic (exact) mass is 285 g/mol. The topological polar surface area (TPSA) is 26.7 Å². The van der Waals surface area contributed by atoms with Crippen molar-refractivity contribution in [3.8, 4) is 0 Å². The Labute approximate surface area is 122 Å². The molecule has 1 N–H and O–H groups in total. The van der Waals surface area contributed by atoms with Crippen molar-refractivity contribution in [2.45, 2.75) is 13.2 Å². The molecule has 0 radical (unpaired) electrons. The molecule has 0 fully saturated rings. The van der Waals surface area contributed by atoms with Crippen molar-refractivity contribution in [3.05, 3.63) is 65.1 Å². The number of fused-ring (bicyclic) bond motifs is 1.